The van der Waals surface area contributed by atoms with Crippen LogP contribution in [0.3, 0.4) is 0 Å². The number of hydrogen-bond donors (Lipinski definition) is 1. The molecule has 0 saturated carbocycles. The smallest absolute Gasteiger partial charge is 0.270 e. The zero-order valence-electron chi connectivity index (χ0n) is 15.4. The lowest BCUT2D eigenvalue weighted by Gasteiger charge is -2.15. The van der Waals surface area contributed by atoms with Crippen molar-refractivity contribution >= 4 is 27.3 Å². The molecule has 3 rings (SSSR count). The fourth-order valence-electron chi connectivity index (χ4n) is 3.15. The number of hydrogen-bond acceptors (Lipinski definition) is 5. The Labute approximate surface area is 163 Å². The summed E-state index contributed by atoms with van der Waals surface area (Å²) in [6, 6.07) is 10.3. The number of carbonyl (C=O) groups is 1. The Bertz CT molecular complexity index is 997. The number of carbonyl (C=O) groups excluding carboxylic acids is 1. The van der Waals surface area contributed by atoms with Gasteiger partial charge in [0.15, 0.2) is 0 Å². The van der Waals surface area contributed by atoms with Gasteiger partial charge in [-0.3, -0.25) is 19.6 Å². The van der Waals surface area contributed by atoms with E-state index in [4.69, 9.17) is 0 Å². The van der Waals surface area contributed by atoms with Crippen molar-refractivity contribution in [1.82, 2.24) is 4.90 Å². The number of sulfonamides is 1. The van der Waals surface area contributed by atoms with Crippen molar-refractivity contribution in [2.24, 2.45) is 0 Å². The molecule has 148 valence electrons. The zero-order chi connectivity index (χ0) is 20.3. The summed E-state index contributed by atoms with van der Waals surface area (Å²) in [6.45, 7) is 3.16. The number of non-ortho nitro benzene ring substituents is 1. The van der Waals surface area contributed by atoms with E-state index in [2.05, 4.69) is 4.72 Å². The Kier molecular flexibility index (Phi) is 5.64. The Morgan fingerprint density at radius 1 is 1.14 bits per heavy atom. The van der Waals surface area contributed by atoms with Crippen molar-refractivity contribution < 1.29 is 18.1 Å². The van der Waals surface area contributed by atoms with Gasteiger partial charge in [0, 0.05) is 30.9 Å². The predicted octanol–water partition coefficient (Wildman–Crippen LogP) is 2.87. The molecule has 0 aromatic heterocycles. The lowest BCUT2D eigenvalue weighted by atomic mass is 10.1. The van der Waals surface area contributed by atoms with Crippen LogP contribution in [-0.4, -0.2) is 37.2 Å². The summed E-state index contributed by atoms with van der Waals surface area (Å²) < 4.78 is 27.7. The van der Waals surface area contributed by atoms with Crippen molar-refractivity contribution in [3.63, 3.8) is 0 Å². The number of amides is 1. The van der Waals surface area contributed by atoms with Gasteiger partial charge in [0.1, 0.15) is 0 Å². The third kappa shape index (κ3) is 4.48. The highest BCUT2D eigenvalue weighted by atomic mass is 32.2. The Morgan fingerprint density at radius 3 is 2.39 bits per heavy atom. The van der Waals surface area contributed by atoms with E-state index in [-0.39, 0.29) is 22.9 Å². The van der Waals surface area contributed by atoms with Crippen LogP contribution in [0.25, 0.3) is 0 Å². The van der Waals surface area contributed by atoms with Gasteiger partial charge in [-0.2, -0.15) is 0 Å². The number of nitro groups is 1. The molecule has 28 heavy (non-hydrogen) atoms. The number of aryl methyl sites for hydroxylation is 1. The standard InChI is InChI=1S/C19H21N3O5S/c1-14-4-9-17(22(24)25)13-18(14)28(26,27)20-16-7-5-15(6-8-16)12-19(23)21-10-2-3-11-21/h4-9,13,20H,2-3,10-12H2,1H3. The minimum atomic E-state index is -3.98. The number of nitrogens with one attached hydrogen (secondary N) is 1. The molecule has 2 aromatic carbocycles. The molecule has 1 aliphatic rings. The second kappa shape index (κ2) is 7.97. The fraction of sp³-hybridized carbons (Fsp3) is 0.316. The number of nitro benzene ring substituents is 1. The molecule has 0 aliphatic carbocycles. The maximum absolute atomic E-state index is 12.6. The van der Waals surface area contributed by atoms with E-state index in [0.717, 1.165) is 37.6 Å². The third-order valence-electron chi connectivity index (χ3n) is 4.69. The van der Waals surface area contributed by atoms with E-state index in [9.17, 15) is 23.3 Å². The first-order valence-electron chi connectivity index (χ1n) is 8.91. The van der Waals surface area contributed by atoms with Crippen molar-refractivity contribution in [3.05, 3.63) is 63.7 Å². The first-order chi connectivity index (χ1) is 13.3. The Morgan fingerprint density at radius 2 is 1.79 bits per heavy atom. The van der Waals surface area contributed by atoms with Crippen LogP contribution in [0.2, 0.25) is 0 Å². The summed E-state index contributed by atoms with van der Waals surface area (Å²) >= 11 is 0. The second-order valence-corrected chi connectivity index (χ2v) is 8.42. The molecular formula is C19H21N3O5S. The lowest BCUT2D eigenvalue weighted by molar-refractivity contribution is -0.385. The largest absolute Gasteiger partial charge is 0.342 e. The average Bonchev–Trinajstić information content (AvgIpc) is 3.18. The van der Waals surface area contributed by atoms with E-state index in [1.54, 1.807) is 31.2 Å². The van der Waals surface area contributed by atoms with Crippen LogP contribution in [0.1, 0.15) is 24.0 Å². The molecule has 1 amide bonds. The SMILES string of the molecule is Cc1ccc([N+](=O)[O-])cc1S(=O)(=O)Nc1ccc(CC(=O)N2CCCC2)cc1. The van der Waals surface area contributed by atoms with Crippen LogP contribution in [0, 0.1) is 17.0 Å². The third-order valence-corrected chi connectivity index (χ3v) is 6.22. The first kappa shape index (κ1) is 19.8. The van der Waals surface area contributed by atoms with E-state index in [0.29, 0.717) is 11.3 Å². The fourth-order valence-corrected chi connectivity index (χ4v) is 4.47. The molecule has 1 aliphatic heterocycles. The van der Waals surface area contributed by atoms with E-state index < -0.39 is 14.9 Å². The van der Waals surface area contributed by atoms with Crippen molar-refractivity contribution in [2.45, 2.75) is 31.1 Å². The van der Waals surface area contributed by atoms with E-state index in [1.165, 1.54) is 12.1 Å². The summed E-state index contributed by atoms with van der Waals surface area (Å²) in [4.78, 5) is 24.2. The van der Waals surface area contributed by atoms with Gasteiger partial charge in [0.2, 0.25) is 5.91 Å². The molecule has 1 fully saturated rings. The molecular weight excluding hydrogens is 382 g/mol. The maximum atomic E-state index is 12.6. The summed E-state index contributed by atoms with van der Waals surface area (Å²) in [5.74, 6) is 0.0676. The van der Waals surface area contributed by atoms with Crippen LogP contribution in [0.5, 0.6) is 0 Å². The van der Waals surface area contributed by atoms with Crippen LogP contribution < -0.4 is 4.72 Å². The highest BCUT2D eigenvalue weighted by Gasteiger charge is 2.21. The molecule has 9 heteroatoms. The molecule has 0 unspecified atom stereocenters. The van der Waals surface area contributed by atoms with Crippen molar-refractivity contribution in [1.29, 1.82) is 0 Å². The summed E-state index contributed by atoms with van der Waals surface area (Å²) in [7, 11) is -3.98. The van der Waals surface area contributed by atoms with Crippen LogP contribution in [0.4, 0.5) is 11.4 Å². The molecule has 1 heterocycles. The van der Waals surface area contributed by atoms with Gasteiger partial charge in [-0.1, -0.05) is 18.2 Å². The monoisotopic (exact) mass is 403 g/mol. The Hall–Kier alpha value is -2.94. The van der Waals surface area contributed by atoms with E-state index >= 15 is 0 Å². The lowest BCUT2D eigenvalue weighted by Crippen LogP contribution is -2.29. The molecule has 0 radical (unpaired) electrons. The van der Waals surface area contributed by atoms with Crippen LogP contribution in [0.15, 0.2) is 47.4 Å². The van der Waals surface area contributed by atoms with Gasteiger partial charge in [0.05, 0.1) is 16.2 Å². The van der Waals surface area contributed by atoms with Gasteiger partial charge in [-0.15, -0.1) is 0 Å². The van der Waals surface area contributed by atoms with Crippen LogP contribution >= 0.6 is 0 Å². The summed E-state index contributed by atoms with van der Waals surface area (Å²) in [5.41, 5.74) is 1.24. The predicted molar refractivity (Wildman–Crippen MR) is 105 cm³/mol. The maximum Gasteiger partial charge on any atom is 0.270 e. The minimum absolute atomic E-state index is 0.0676. The Balaban J connectivity index is 1.73. The minimum Gasteiger partial charge on any atom is -0.342 e. The molecule has 8 nitrogen and oxygen atoms in total. The van der Waals surface area contributed by atoms with Gasteiger partial charge in [0.25, 0.3) is 15.7 Å². The highest BCUT2D eigenvalue weighted by Crippen LogP contribution is 2.24. The van der Waals surface area contributed by atoms with Crippen molar-refractivity contribution in [2.75, 3.05) is 17.8 Å². The number of nitrogens with zero attached hydrogens (tertiary/aromatic N) is 2. The number of benzene rings is 2. The summed E-state index contributed by atoms with van der Waals surface area (Å²) in [6.07, 6.45) is 2.34. The molecule has 2 aromatic rings. The average molecular weight is 403 g/mol. The zero-order valence-corrected chi connectivity index (χ0v) is 16.2. The van der Waals surface area contributed by atoms with Gasteiger partial charge in [-0.25, -0.2) is 8.42 Å². The van der Waals surface area contributed by atoms with Crippen molar-refractivity contribution in [3.8, 4) is 0 Å². The first-order valence-corrected chi connectivity index (χ1v) is 10.4. The normalized spacial score (nSPS) is 14.1. The van der Waals surface area contributed by atoms with E-state index in [1.807, 2.05) is 4.90 Å². The number of rotatable bonds is 6. The van der Waals surface area contributed by atoms with Gasteiger partial charge < -0.3 is 4.90 Å². The molecule has 0 atom stereocenters. The molecule has 0 spiro atoms. The quantitative estimate of drug-likeness (QED) is 0.589. The molecule has 0 bridgehead atoms. The molecule has 1 saturated heterocycles. The topological polar surface area (TPSA) is 110 Å². The van der Waals surface area contributed by atoms with Crippen LogP contribution in [-0.2, 0) is 21.2 Å². The van der Waals surface area contributed by atoms with Gasteiger partial charge >= 0.3 is 0 Å². The van der Waals surface area contributed by atoms with Gasteiger partial charge in [-0.05, 0) is 43.0 Å². The molecule has 1 N–H and O–H groups in total. The number of likely N-dealkylation sites (tertiary alicyclic amines) is 1. The summed E-state index contributed by atoms with van der Waals surface area (Å²) in [5, 5.41) is 10.9. The number of anilines is 1. The second-order valence-electron chi connectivity index (χ2n) is 6.77. The highest BCUT2D eigenvalue weighted by molar-refractivity contribution is 7.92.